The lowest BCUT2D eigenvalue weighted by atomic mass is 9.67. The summed E-state index contributed by atoms with van der Waals surface area (Å²) in [5.74, 6) is 0.315. The van der Waals surface area contributed by atoms with E-state index in [-0.39, 0.29) is 12.1 Å². The SMILES string of the molecule is Cc1ccc(/C=C2/C(=Nc3ccccc3)[C@H]3CC[C@@H]2N(c2ccccc2)[C@H]3c2ccc(C)cc2)cc1. The molecule has 4 aromatic rings. The average Bonchev–Trinajstić information content (AvgIpc) is 2.92. The molecule has 2 aliphatic heterocycles. The highest BCUT2D eigenvalue weighted by molar-refractivity contribution is 6.10. The summed E-state index contributed by atoms with van der Waals surface area (Å²) in [6.45, 7) is 4.31. The van der Waals surface area contributed by atoms with E-state index in [1.54, 1.807) is 0 Å². The number of nitrogens with zero attached hydrogens (tertiary/aromatic N) is 2. The molecule has 0 spiro atoms. The van der Waals surface area contributed by atoms with Crippen molar-refractivity contribution in [3.05, 3.63) is 137 Å². The molecule has 3 fully saturated rings. The monoisotopic (exact) mass is 468 g/mol. The number of hydrogen-bond donors (Lipinski definition) is 0. The van der Waals surface area contributed by atoms with E-state index >= 15 is 0 Å². The molecular weight excluding hydrogens is 436 g/mol. The summed E-state index contributed by atoms with van der Waals surface area (Å²) in [5, 5.41) is 0. The van der Waals surface area contributed by atoms with Crippen molar-refractivity contribution in [3.8, 4) is 0 Å². The first-order valence-corrected chi connectivity index (χ1v) is 13.0. The molecule has 7 rings (SSSR count). The Bertz CT molecular complexity index is 1380. The zero-order valence-corrected chi connectivity index (χ0v) is 21.0. The third kappa shape index (κ3) is 4.28. The van der Waals surface area contributed by atoms with Crippen molar-refractivity contribution in [2.75, 3.05) is 4.90 Å². The molecule has 0 radical (unpaired) electrons. The highest BCUT2D eigenvalue weighted by Gasteiger charge is 2.48. The fraction of sp³-hybridized carbons (Fsp3) is 0.206. The van der Waals surface area contributed by atoms with E-state index in [9.17, 15) is 0 Å². The summed E-state index contributed by atoms with van der Waals surface area (Å²) < 4.78 is 0. The zero-order chi connectivity index (χ0) is 24.5. The van der Waals surface area contributed by atoms with Crippen molar-refractivity contribution in [2.45, 2.75) is 38.8 Å². The molecular formula is C34H32N2. The highest BCUT2D eigenvalue weighted by atomic mass is 15.2. The Labute approximate surface area is 214 Å². The molecule has 2 nitrogen and oxygen atoms in total. The van der Waals surface area contributed by atoms with Crippen LogP contribution in [0.5, 0.6) is 0 Å². The number of anilines is 1. The molecule has 1 aliphatic carbocycles. The second-order valence-electron chi connectivity index (χ2n) is 10.1. The summed E-state index contributed by atoms with van der Waals surface area (Å²) >= 11 is 0. The molecule has 3 atom stereocenters. The number of aliphatic imine (C=N–C) groups is 1. The third-order valence-corrected chi connectivity index (χ3v) is 7.65. The Kier molecular flexibility index (Phi) is 6.03. The van der Waals surface area contributed by atoms with Gasteiger partial charge in [0.05, 0.1) is 23.5 Å². The molecule has 2 heteroatoms. The molecule has 1 saturated carbocycles. The van der Waals surface area contributed by atoms with Crippen molar-refractivity contribution in [3.63, 3.8) is 0 Å². The maximum atomic E-state index is 5.34. The number of aryl methyl sites for hydroxylation is 2. The number of fused-ring (bicyclic) bond motifs is 3. The molecule has 2 heterocycles. The van der Waals surface area contributed by atoms with Gasteiger partial charge in [-0.2, -0.15) is 0 Å². The van der Waals surface area contributed by atoms with Crippen LogP contribution in [0.1, 0.15) is 41.1 Å². The van der Waals surface area contributed by atoms with Gasteiger partial charge < -0.3 is 4.90 Å². The summed E-state index contributed by atoms with van der Waals surface area (Å²) in [6.07, 6.45) is 4.66. The van der Waals surface area contributed by atoms with Gasteiger partial charge in [0.15, 0.2) is 0 Å². The zero-order valence-electron chi connectivity index (χ0n) is 21.0. The lowest BCUT2D eigenvalue weighted by Gasteiger charge is -2.54. The van der Waals surface area contributed by atoms with Gasteiger partial charge in [-0.3, -0.25) is 4.99 Å². The smallest absolute Gasteiger partial charge is 0.0633 e. The maximum Gasteiger partial charge on any atom is 0.0633 e. The summed E-state index contributed by atoms with van der Waals surface area (Å²) in [4.78, 5) is 8.01. The minimum absolute atomic E-state index is 0.254. The van der Waals surface area contributed by atoms with Gasteiger partial charge in [-0.1, -0.05) is 96.1 Å². The lowest BCUT2D eigenvalue weighted by Crippen LogP contribution is -2.56. The van der Waals surface area contributed by atoms with Crippen LogP contribution in [0.2, 0.25) is 0 Å². The minimum atomic E-state index is 0.254. The Hall–Kier alpha value is -3.91. The van der Waals surface area contributed by atoms with Crippen molar-refractivity contribution >= 4 is 23.2 Å². The molecule has 178 valence electrons. The molecule has 0 aromatic heterocycles. The van der Waals surface area contributed by atoms with E-state index in [0.717, 1.165) is 18.5 Å². The lowest BCUT2D eigenvalue weighted by molar-refractivity contribution is 0.340. The minimum Gasteiger partial charge on any atom is -0.357 e. The second kappa shape index (κ2) is 9.62. The predicted molar refractivity (Wildman–Crippen MR) is 152 cm³/mol. The third-order valence-electron chi connectivity index (χ3n) is 7.65. The summed E-state index contributed by atoms with van der Waals surface area (Å²) in [5.41, 5.74) is 10.1. The van der Waals surface area contributed by atoms with Crippen LogP contribution >= 0.6 is 0 Å². The van der Waals surface area contributed by atoms with Crippen LogP contribution in [0.3, 0.4) is 0 Å². The number of para-hydroxylation sites is 2. The van der Waals surface area contributed by atoms with E-state index < -0.39 is 0 Å². The van der Waals surface area contributed by atoms with Crippen molar-refractivity contribution < 1.29 is 0 Å². The Morgan fingerprint density at radius 2 is 1.31 bits per heavy atom. The van der Waals surface area contributed by atoms with Crippen LogP contribution in [0.4, 0.5) is 11.4 Å². The Morgan fingerprint density at radius 3 is 1.97 bits per heavy atom. The normalized spacial score (nSPS) is 23.4. The molecule has 2 bridgehead atoms. The first-order chi connectivity index (χ1) is 17.7. The first-order valence-electron chi connectivity index (χ1n) is 13.0. The second-order valence-corrected chi connectivity index (χ2v) is 10.1. The standard InChI is InChI=1S/C34H32N2/c1-24-13-17-26(18-14-24)23-31-32-22-21-30(33(31)35-28-9-5-3-6-10-28)34(27-19-15-25(2)16-20-27)36(32)29-11-7-4-8-12-29/h3-20,23,30,32,34H,21-22H2,1-2H3/b31-23+,35-33?/t30-,32+,34+/m1/s1. The molecule has 36 heavy (non-hydrogen) atoms. The van der Waals surface area contributed by atoms with Crippen LogP contribution in [0.25, 0.3) is 6.08 Å². The van der Waals surface area contributed by atoms with Crippen LogP contribution < -0.4 is 4.90 Å². The Balaban J connectivity index is 1.55. The van der Waals surface area contributed by atoms with Crippen LogP contribution in [-0.4, -0.2) is 11.8 Å². The molecule has 0 amide bonds. The van der Waals surface area contributed by atoms with Gasteiger partial charge in [0.1, 0.15) is 0 Å². The summed E-state index contributed by atoms with van der Waals surface area (Å²) in [7, 11) is 0. The number of rotatable bonds is 4. The molecule has 4 aromatic carbocycles. The topological polar surface area (TPSA) is 15.6 Å². The number of hydrogen-bond acceptors (Lipinski definition) is 2. The van der Waals surface area contributed by atoms with Gasteiger partial charge >= 0.3 is 0 Å². The Morgan fingerprint density at radius 1 is 0.694 bits per heavy atom. The maximum absolute atomic E-state index is 5.34. The number of benzene rings is 4. The van der Waals surface area contributed by atoms with Crippen LogP contribution in [-0.2, 0) is 0 Å². The highest BCUT2D eigenvalue weighted by Crippen LogP contribution is 2.51. The summed E-state index contributed by atoms with van der Waals surface area (Å²) in [6, 6.07) is 39.9. The predicted octanol–water partition coefficient (Wildman–Crippen LogP) is 8.50. The molecule has 2 saturated heterocycles. The van der Waals surface area contributed by atoms with Crippen molar-refractivity contribution in [1.29, 1.82) is 0 Å². The van der Waals surface area contributed by atoms with E-state index in [1.165, 1.54) is 39.2 Å². The van der Waals surface area contributed by atoms with Gasteiger partial charge in [-0.25, -0.2) is 0 Å². The van der Waals surface area contributed by atoms with Gasteiger partial charge in [0, 0.05) is 11.6 Å². The van der Waals surface area contributed by atoms with Gasteiger partial charge in [0.25, 0.3) is 0 Å². The van der Waals surface area contributed by atoms with Crippen molar-refractivity contribution in [2.24, 2.45) is 10.9 Å². The molecule has 0 N–H and O–H groups in total. The quantitative estimate of drug-likeness (QED) is 0.293. The van der Waals surface area contributed by atoms with E-state index in [2.05, 4.69) is 134 Å². The molecule has 3 aliphatic rings. The fourth-order valence-corrected chi connectivity index (χ4v) is 5.90. The number of piperidine rings is 2. The molecule has 0 unspecified atom stereocenters. The van der Waals surface area contributed by atoms with Crippen molar-refractivity contribution in [1.82, 2.24) is 0 Å². The van der Waals surface area contributed by atoms with Gasteiger partial charge in [0.2, 0.25) is 0 Å². The first kappa shape index (κ1) is 22.5. The van der Waals surface area contributed by atoms with Crippen LogP contribution in [0, 0.1) is 19.8 Å². The van der Waals surface area contributed by atoms with Gasteiger partial charge in [-0.05, 0) is 73.7 Å². The van der Waals surface area contributed by atoms with E-state index in [1.807, 2.05) is 0 Å². The van der Waals surface area contributed by atoms with E-state index in [4.69, 9.17) is 4.99 Å². The average molecular weight is 469 g/mol. The fourth-order valence-electron chi connectivity index (χ4n) is 5.90. The van der Waals surface area contributed by atoms with Gasteiger partial charge in [-0.15, -0.1) is 0 Å². The van der Waals surface area contributed by atoms with E-state index in [0.29, 0.717) is 5.92 Å². The largest absolute Gasteiger partial charge is 0.357 e. The van der Waals surface area contributed by atoms with Crippen LogP contribution in [0.15, 0.2) is 120 Å².